The molecule has 1 atom stereocenters. The van der Waals surface area contributed by atoms with Crippen molar-refractivity contribution in [2.45, 2.75) is 32.7 Å². The third kappa shape index (κ3) is 2.58. The monoisotopic (exact) mass is 362 g/mol. The largest absolute Gasteiger partial charge is 0.327 e. The summed E-state index contributed by atoms with van der Waals surface area (Å²) in [4.78, 5) is 26.6. The Balaban J connectivity index is 2.11. The summed E-state index contributed by atoms with van der Waals surface area (Å²) in [7, 11) is 1.73. The highest BCUT2D eigenvalue weighted by molar-refractivity contribution is 9.10. The van der Waals surface area contributed by atoms with Crippen molar-refractivity contribution in [3.05, 3.63) is 45.6 Å². The van der Waals surface area contributed by atoms with Crippen molar-refractivity contribution in [1.29, 1.82) is 0 Å². The molecular formula is C17H19BrN2O2. The number of amides is 2. The molecule has 2 aliphatic rings. The van der Waals surface area contributed by atoms with Gasteiger partial charge in [0.2, 0.25) is 0 Å². The molecule has 1 aromatic carbocycles. The average molecular weight is 363 g/mol. The second-order valence-corrected chi connectivity index (χ2v) is 7.71. The molecule has 22 heavy (non-hydrogen) atoms. The van der Waals surface area contributed by atoms with E-state index >= 15 is 0 Å². The van der Waals surface area contributed by atoms with E-state index in [9.17, 15) is 9.59 Å². The summed E-state index contributed by atoms with van der Waals surface area (Å²) in [6.45, 7) is 4.15. The number of halogens is 1. The number of allylic oxidation sites excluding steroid dienone is 1. The van der Waals surface area contributed by atoms with Gasteiger partial charge in [0.15, 0.2) is 5.78 Å². The Kier molecular flexibility index (Phi) is 3.63. The predicted molar refractivity (Wildman–Crippen MR) is 88.2 cm³/mol. The van der Waals surface area contributed by atoms with Crippen LogP contribution in [0.25, 0.3) is 0 Å². The number of ketones is 1. The highest BCUT2D eigenvalue weighted by atomic mass is 79.9. The van der Waals surface area contributed by atoms with E-state index in [0.29, 0.717) is 6.42 Å². The minimum absolute atomic E-state index is 0.105. The Labute approximate surface area is 138 Å². The normalized spacial score (nSPS) is 24.2. The quantitative estimate of drug-likeness (QED) is 0.825. The molecule has 0 bridgehead atoms. The Bertz CT molecular complexity index is 676. The Hall–Kier alpha value is -1.62. The third-order valence-electron chi connectivity index (χ3n) is 4.37. The Morgan fingerprint density at radius 1 is 1.18 bits per heavy atom. The topological polar surface area (TPSA) is 49.4 Å². The first-order chi connectivity index (χ1) is 10.3. The van der Waals surface area contributed by atoms with E-state index in [1.165, 1.54) is 0 Å². The number of hydrogen-bond acceptors (Lipinski definition) is 2. The number of hydrogen-bond donors (Lipinski definition) is 1. The molecule has 1 heterocycles. The standard InChI is InChI=1S/C17H19BrN2O2/c1-17(2)8-12-14(13(21)9-17)15(19-16(22)20(12)3)10-4-6-11(18)7-5-10/h4-7,15H,8-9H2,1-3H3,(H,19,22)/t15-/m1/s1. The van der Waals surface area contributed by atoms with Crippen molar-refractivity contribution in [2.24, 2.45) is 5.41 Å². The van der Waals surface area contributed by atoms with Gasteiger partial charge in [-0.2, -0.15) is 0 Å². The van der Waals surface area contributed by atoms with Crippen molar-refractivity contribution in [1.82, 2.24) is 10.2 Å². The van der Waals surface area contributed by atoms with E-state index in [2.05, 4.69) is 35.1 Å². The van der Waals surface area contributed by atoms with Gasteiger partial charge in [-0.15, -0.1) is 0 Å². The highest BCUT2D eigenvalue weighted by Crippen LogP contribution is 2.43. The molecule has 2 amide bonds. The number of rotatable bonds is 1. The maximum atomic E-state index is 12.7. The van der Waals surface area contributed by atoms with Crippen LogP contribution in [-0.2, 0) is 4.79 Å². The van der Waals surface area contributed by atoms with Gasteiger partial charge in [-0.3, -0.25) is 4.79 Å². The predicted octanol–water partition coefficient (Wildman–Crippen LogP) is 3.79. The molecule has 1 aromatic rings. The minimum atomic E-state index is -0.351. The first-order valence-electron chi connectivity index (χ1n) is 7.34. The Morgan fingerprint density at radius 2 is 1.82 bits per heavy atom. The van der Waals surface area contributed by atoms with Gasteiger partial charge in [-0.25, -0.2) is 4.79 Å². The minimum Gasteiger partial charge on any atom is -0.327 e. The fraction of sp³-hybridized carbons (Fsp3) is 0.412. The molecule has 0 saturated carbocycles. The zero-order valence-electron chi connectivity index (χ0n) is 12.9. The summed E-state index contributed by atoms with van der Waals surface area (Å²) in [5.74, 6) is 0.131. The molecule has 116 valence electrons. The molecular weight excluding hydrogens is 344 g/mol. The van der Waals surface area contributed by atoms with Gasteiger partial charge in [0, 0.05) is 29.2 Å². The first kappa shape index (κ1) is 15.3. The van der Waals surface area contributed by atoms with Crippen molar-refractivity contribution in [3.63, 3.8) is 0 Å². The smallest absolute Gasteiger partial charge is 0.322 e. The number of benzene rings is 1. The van der Waals surface area contributed by atoms with E-state index < -0.39 is 0 Å². The van der Waals surface area contributed by atoms with Crippen molar-refractivity contribution in [3.8, 4) is 0 Å². The maximum absolute atomic E-state index is 12.7. The van der Waals surface area contributed by atoms with Crippen molar-refractivity contribution >= 4 is 27.7 Å². The number of nitrogens with one attached hydrogen (secondary N) is 1. The van der Waals surface area contributed by atoms with Crippen LogP contribution in [-0.4, -0.2) is 23.8 Å². The summed E-state index contributed by atoms with van der Waals surface area (Å²) < 4.78 is 0.973. The van der Waals surface area contributed by atoms with E-state index in [1.54, 1.807) is 11.9 Å². The molecule has 1 N–H and O–H groups in total. The lowest BCUT2D eigenvalue weighted by atomic mass is 9.72. The summed E-state index contributed by atoms with van der Waals surface area (Å²) in [6, 6.07) is 7.23. The molecule has 0 fully saturated rings. The zero-order valence-corrected chi connectivity index (χ0v) is 14.5. The number of urea groups is 1. The highest BCUT2D eigenvalue weighted by Gasteiger charge is 2.42. The molecule has 4 nitrogen and oxygen atoms in total. The molecule has 0 saturated heterocycles. The van der Waals surface area contributed by atoms with Gasteiger partial charge < -0.3 is 10.2 Å². The summed E-state index contributed by atoms with van der Waals surface area (Å²) in [6.07, 6.45) is 1.26. The van der Waals surface area contributed by atoms with Gasteiger partial charge in [0.25, 0.3) is 0 Å². The number of nitrogens with zero attached hydrogens (tertiary/aromatic N) is 1. The summed E-state index contributed by atoms with van der Waals surface area (Å²) in [5.41, 5.74) is 2.43. The van der Waals surface area contributed by atoms with E-state index in [0.717, 1.165) is 27.7 Å². The van der Waals surface area contributed by atoms with Crippen LogP contribution in [0.4, 0.5) is 4.79 Å². The summed E-state index contributed by atoms with van der Waals surface area (Å²) >= 11 is 3.41. The van der Waals surface area contributed by atoms with E-state index in [-0.39, 0.29) is 23.3 Å². The summed E-state index contributed by atoms with van der Waals surface area (Å²) in [5, 5.41) is 2.95. The third-order valence-corrected chi connectivity index (χ3v) is 4.89. The van der Waals surface area contributed by atoms with Crippen molar-refractivity contribution < 1.29 is 9.59 Å². The maximum Gasteiger partial charge on any atom is 0.322 e. The second-order valence-electron chi connectivity index (χ2n) is 6.79. The second kappa shape index (κ2) is 5.23. The molecule has 0 spiro atoms. The molecule has 1 aliphatic carbocycles. The van der Waals surface area contributed by atoms with Crippen LogP contribution in [0.2, 0.25) is 0 Å². The van der Waals surface area contributed by atoms with Crippen LogP contribution in [0, 0.1) is 5.41 Å². The van der Waals surface area contributed by atoms with Crippen LogP contribution < -0.4 is 5.32 Å². The molecule has 0 radical (unpaired) electrons. The lowest BCUT2D eigenvalue weighted by Gasteiger charge is -2.42. The number of carbonyl (C=O) groups is 2. The fourth-order valence-corrected chi connectivity index (χ4v) is 3.51. The fourth-order valence-electron chi connectivity index (χ4n) is 3.25. The number of Topliss-reactive ketones (excluding diaryl/α,β-unsaturated/α-hetero) is 1. The van der Waals surface area contributed by atoms with E-state index in [4.69, 9.17) is 0 Å². The number of carbonyl (C=O) groups excluding carboxylic acids is 2. The van der Waals surface area contributed by atoms with Crippen LogP contribution in [0.15, 0.2) is 40.0 Å². The van der Waals surface area contributed by atoms with Gasteiger partial charge in [-0.1, -0.05) is 41.9 Å². The molecule has 0 unspecified atom stereocenters. The van der Waals surface area contributed by atoms with Crippen LogP contribution in [0.3, 0.4) is 0 Å². The van der Waals surface area contributed by atoms with Crippen LogP contribution >= 0.6 is 15.9 Å². The molecule has 1 aliphatic heterocycles. The molecule has 0 aromatic heterocycles. The van der Waals surface area contributed by atoms with Gasteiger partial charge in [0.05, 0.1) is 6.04 Å². The first-order valence-corrected chi connectivity index (χ1v) is 8.14. The van der Waals surface area contributed by atoms with E-state index in [1.807, 2.05) is 24.3 Å². The Morgan fingerprint density at radius 3 is 2.45 bits per heavy atom. The lowest BCUT2D eigenvalue weighted by molar-refractivity contribution is -0.118. The van der Waals surface area contributed by atoms with Gasteiger partial charge >= 0.3 is 6.03 Å². The average Bonchev–Trinajstić information content (AvgIpc) is 2.43. The van der Waals surface area contributed by atoms with Gasteiger partial charge in [0.1, 0.15) is 0 Å². The SMILES string of the molecule is CN1C(=O)N[C@H](c2ccc(Br)cc2)C2=C1CC(C)(C)CC2=O. The molecule has 5 heteroatoms. The van der Waals surface area contributed by atoms with Crippen LogP contribution in [0.5, 0.6) is 0 Å². The zero-order chi connectivity index (χ0) is 16.1. The van der Waals surface area contributed by atoms with Crippen molar-refractivity contribution in [2.75, 3.05) is 7.05 Å². The molecule has 3 rings (SSSR count). The van der Waals surface area contributed by atoms with Crippen LogP contribution in [0.1, 0.15) is 38.3 Å². The lowest BCUT2D eigenvalue weighted by Crippen LogP contribution is -2.49. The van der Waals surface area contributed by atoms with Gasteiger partial charge in [-0.05, 0) is 29.5 Å².